The van der Waals surface area contributed by atoms with E-state index in [2.05, 4.69) is 47.4 Å². The van der Waals surface area contributed by atoms with Gasteiger partial charge in [-0.25, -0.2) is 4.98 Å². The first-order chi connectivity index (χ1) is 10.0. The number of aromatic nitrogens is 2. The van der Waals surface area contributed by atoms with Gasteiger partial charge in [-0.1, -0.05) is 13.8 Å². The molecule has 0 aliphatic carbocycles. The van der Waals surface area contributed by atoms with Gasteiger partial charge in [0.25, 0.3) is 0 Å². The second-order valence-corrected chi connectivity index (χ2v) is 6.83. The van der Waals surface area contributed by atoms with Crippen LogP contribution in [0.15, 0.2) is 6.07 Å². The van der Waals surface area contributed by atoms with E-state index in [0.29, 0.717) is 5.95 Å². The standard InChI is InChI=1S/C15H24N4OS/c1-5-7-16-14-17-12(19-15(4,6-2)9-20)11-8-10(3)21-13(11)18-14/h8,20H,5-7,9H2,1-4H3,(H2,16,17,18,19). The maximum Gasteiger partial charge on any atom is 0.226 e. The predicted molar refractivity (Wildman–Crippen MR) is 90.3 cm³/mol. The summed E-state index contributed by atoms with van der Waals surface area (Å²) in [7, 11) is 0. The summed E-state index contributed by atoms with van der Waals surface area (Å²) >= 11 is 1.66. The van der Waals surface area contributed by atoms with Gasteiger partial charge in [-0.3, -0.25) is 0 Å². The van der Waals surface area contributed by atoms with Crippen molar-refractivity contribution in [2.75, 3.05) is 23.8 Å². The fraction of sp³-hybridized carbons (Fsp3) is 0.600. The Kier molecular flexibility index (Phi) is 5.00. The zero-order valence-electron chi connectivity index (χ0n) is 13.2. The van der Waals surface area contributed by atoms with Crippen LogP contribution in [-0.2, 0) is 0 Å². The summed E-state index contributed by atoms with van der Waals surface area (Å²) in [6, 6.07) is 2.10. The third kappa shape index (κ3) is 3.63. The van der Waals surface area contributed by atoms with Crippen molar-refractivity contribution in [1.29, 1.82) is 0 Å². The number of aliphatic hydroxyl groups is 1. The van der Waals surface area contributed by atoms with E-state index < -0.39 is 0 Å². The quantitative estimate of drug-likeness (QED) is 0.731. The minimum Gasteiger partial charge on any atom is -0.394 e. The van der Waals surface area contributed by atoms with E-state index >= 15 is 0 Å². The average Bonchev–Trinajstić information content (AvgIpc) is 2.85. The second kappa shape index (κ2) is 6.58. The molecule has 0 amide bonds. The van der Waals surface area contributed by atoms with Crippen molar-refractivity contribution in [3.8, 4) is 0 Å². The normalized spacial score (nSPS) is 14.1. The molecule has 2 rings (SSSR count). The van der Waals surface area contributed by atoms with Gasteiger partial charge in [-0.05, 0) is 32.8 Å². The van der Waals surface area contributed by atoms with E-state index in [4.69, 9.17) is 0 Å². The van der Waals surface area contributed by atoms with Crippen LogP contribution in [0.2, 0.25) is 0 Å². The minimum atomic E-state index is -0.376. The highest BCUT2D eigenvalue weighted by molar-refractivity contribution is 7.18. The third-order valence-electron chi connectivity index (χ3n) is 3.60. The van der Waals surface area contributed by atoms with Crippen molar-refractivity contribution in [2.24, 2.45) is 0 Å². The molecule has 116 valence electrons. The molecule has 3 N–H and O–H groups in total. The van der Waals surface area contributed by atoms with Gasteiger partial charge in [-0.15, -0.1) is 11.3 Å². The lowest BCUT2D eigenvalue weighted by Gasteiger charge is -2.28. The lowest BCUT2D eigenvalue weighted by molar-refractivity contribution is 0.218. The van der Waals surface area contributed by atoms with Crippen molar-refractivity contribution in [3.63, 3.8) is 0 Å². The Morgan fingerprint density at radius 3 is 2.71 bits per heavy atom. The van der Waals surface area contributed by atoms with E-state index in [1.165, 1.54) is 4.88 Å². The Morgan fingerprint density at radius 1 is 1.33 bits per heavy atom. The fourth-order valence-electron chi connectivity index (χ4n) is 1.98. The lowest BCUT2D eigenvalue weighted by Crippen LogP contribution is -2.38. The molecule has 0 spiro atoms. The molecule has 0 aromatic carbocycles. The number of anilines is 2. The summed E-state index contributed by atoms with van der Waals surface area (Å²) in [5.74, 6) is 1.44. The summed E-state index contributed by atoms with van der Waals surface area (Å²) < 4.78 is 0. The monoisotopic (exact) mass is 308 g/mol. The molecule has 2 aromatic heterocycles. The van der Waals surface area contributed by atoms with E-state index in [9.17, 15) is 5.11 Å². The summed E-state index contributed by atoms with van der Waals surface area (Å²) in [4.78, 5) is 11.3. The lowest BCUT2D eigenvalue weighted by atomic mass is 10.0. The molecule has 0 fully saturated rings. The summed E-state index contributed by atoms with van der Waals surface area (Å²) in [5.41, 5.74) is -0.376. The number of aliphatic hydroxyl groups excluding tert-OH is 1. The topological polar surface area (TPSA) is 70.1 Å². The van der Waals surface area contributed by atoms with Gasteiger partial charge in [0.2, 0.25) is 5.95 Å². The maximum atomic E-state index is 9.62. The van der Waals surface area contributed by atoms with Gasteiger partial charge in [0.1, 0.15) is 10.6 Å². The number of hydrogen-bond acceptors (Lipinski definition) is 6. The van der Waals surface area contributed by atoms with Gasteiger partial charge in [-0.2, -0.15) is 4.98 Å². The number of nitrogens with one attached hydrogen (secondary N) is 2. The predicted octanol–water partition coefficient (Wildman–Crippen LogP) is 3.39. The van der Waals surface area contributed by atoms with Crippen LogP contribution < -0.4 is 10.6 Å². The molecular formula is C15H24N4OS. The smallest absolute Gasteiger partial charge is 0.226 e. The van der Waals surface area contributed by atoms with Crippen molar-refractivity contribution >= 4 is 33.3 Å². The van der Waals surface area contributed by atoms with E-state index in [0.717, 1.165) is 35.4 Å². The number of hydrogen-bond donors (Lipinski definition) is 3. The molecule has 0 aliphatic heterocycles. The molecule has 1 unspecified atom stereocenters. The van der Waals surface area contributed by atoms with Crippen LogP contribution >= 0.6 is 11.3 Å². The Morgan fingerprint density at radius 2 is 2.10 bits per heavy atom. The fourth-order valence-corrected chi connectivity index (χ4v) is 2.86. The molecule has 0 saturated heterocycles. The van der Waals surface area contributed by atoms with Crippen LogP contribution in [-0.4, -0.2) is 33.8 Å². The molecular weight excluding hydrogens is 284 g/mol. The number of rotatable bonds is 7. The average molecular weight is 308 g/mol. The van der Waals surface area contributed by atoms with E-state index in [1.807, 2.05) is 6.92 Å². The van der Waals surface area contributed by atoms with Crippen LogP contribution in [0, 0.1) is 6.92 Å². The number of fused-ring (bicyclic) bond motifs is 1. The largest absolute Gasteiger partial charge is 0.394 e. The zero-order chi connectivity index (χ0) is 15.5. The van der Waals surface area contributed by atoms with Crippen LogP contribution in [0.4, 0.5) is 11.8 Å². The molecule has 5 nitrogen and oxygen atoms in total. The van der Waals surface area contributed by atoms with Crippen molar-refractivity contribution in [3.05, 3.63) is 10.9 Å². The van der Waals surface area contributed by atoms with Crippen molar-refractivity contribution in [1.82, 2.24) is 9.97 Å². The van der Waals surface area contributed by atoms with Gasteiger partial charge in [0, 0.05) is 11.4 Å². The summed E-state index contributed by atoms with van der Waals surface area (Å²) in [6.45, 7) is 9.15. The SMILES string of the molecule is CCCNc1nc(NC(C)(CC)CO)c2cc(C)sc2n1. The Labute approximate surface area is 129 Å². The maximum absolute atomic E-state index is 9.62. The summed E-state index contributed by atoms with van der Waals surface area (Å²) in [5, 5.41) is 17.3. The van der Waals surface area contributed by atoms with E-state index in [1.54, 1.807) is 11.3 Å². The molecule has 2 heterocycles. The zero-order valence-corrected chi connectivity index (χ0v) is 14.0. The van der Waals surface area contributed by atoms with Crippen LogP contribution in [0.5, 0.6) is 0 Å². The van der Waals surface area contributed by atoms with Crippen molar-refractivity contribution in [2.45, 2.75) is 46.1 Å². The van der Waals surface area contributed by atoms with Gasteiger partial charge < -0.3 is 15.7 Å². The van der Waals surface area contributed by atoms with Crippen LogP contribution in [0.3, 0.4) is 0 Å². The molecule has 2 aromatic rings. The van der Waals surface area contributed by atoms with Crippen LogP contribution in [0.1, 0.15) is 38.5 Å². The van der Waals surface area contributed by atoms with Gasteiger partial charge in [0.15, 0.2) is 0 Å². The third-order valence-corrected chi connectivity index (χ3v) is 4.54. The minimum absolute atomic E-state index is 0.0653. The first-order valence-corrected chi connectivity index (χ1v) is 8.24. The molecule has 0 bridgehead atoms. The molecule has 0 radical (unpaired) electrons. The number of aryl methyl sites for hydroxylation is 1. The number of nitrogens with zero attached hydrogens (tertiary/aromatic N) is 2. The second-order valence-electron chi connectivity index (χ2n) is 5.60. The Hall–Kier alpha value is -1.40. The molecule has 0 saturated carbocycles. The Bertz CT molecular complexity index is 607. The molecule has 21 heavy (non-hydrogen) atoms. The highest BCUT2D eigenvalue weighted by atomic mass is 32.1. The van der Waals surface area contributed by atoms with E-state index in [-0.39, 0.29) is 12.1 Å². The van der Waals surface area contributed by atoms with Gasteiger partial charge >= 0.3 is 0 Å². The first-order valence-electron chi connectivity index (χ1n) is 7.42. The van der Waals surface area contributed by atoms with Crippen molar-refractivity contribution < 1.29 is 5.11 Å². The highest BCUT2D eigenvalue weighted by Crippen LogP contribution is 2.31. The molecule has 0 aliphatic rings. The molecule has 6 heteroatoms. The van der Waals surface area contributed by atoms with Gasteiger partial charge in [0.05, 0.1) is 17.5 Å². The highest BCUT2D eigenvalue weighted by Gasteiger charge is 2.23. The number of thiophene rings is 1. The Balaban J connectivity index is 2.43. The molecule has 1 atom stereocenters. The summed E-state index contributed by atoms with van der Waals surface area (Å²) in [6.07, 6.45) is 1.84. The first kappa shape index (κ1) is 16.0. The van der Waals surface area contributed by atoms with Crippen LogP contribution in [0.25, 0.3) is 10.2 Å².